The van der Waals surface area contributed by atoms with Gasteiger partial charge in [-0.05, 0) is 25.0 Å². The van der Waals surface area contributed by atoms with Crippen molar-refractivity contribution in [1.29, 1.82) is 0 Å². The summed E-state index contributed by atoms with van der Waals surface area (Å²) in [7, 11) is 0. The van der Waals surface area contributed by atoms with Crippen LogP contribution in [0.3, 0.4) is 0 Å². The number of nitrogens with zero attached hydrogens (tertiary/aromatic N) is 2. The Bertz CT molecular complexity index is 563. The molecule has 2 heterocycles. The SMILES string of the molecule is Brc1cccc2c(N3CCC(Br)CC3)nccc12. The van der Waals surface area contributed by atoms with E-state index in [1.807, 2.05) is 6.20 Å². The standard InChI is InChI=1S/C14H14Br2N2/c15-10-5-8-18(9-6-10)14-12-2-1-3-13(16)11(12)4-7-17-14/h1-4,7,10H,5-6,8-9H2. The molecular formula is C14H14Br2N2. The molecule has 0 N–H and O–H groups in total. The summed E-state index contributed by atoms with van der Waals surface area (Å²) in [4.78, 5) is 7.64. The van der Waals surface area contributed by atoms with Gasteiger partial charge in [0.2, 0.25) is 0 Å². The number of rotatable bonds is 1. The molecule has 0 atom stereocenters. The topological polar surface area (TPSA) is 16.1 Å². The molecule has 18 heavy (non-hydrogen) atoms. The molecule has 0 unspecified atom stereocenters. The Hall–Kier alpha value is -0.610. The fraction of sp³-hybridized carbons (Fsp3) is 0.357. The van der Waals surface area contributed by atoms with Crippen molar-refractivity contribution in [3.8, 4) is 0 Å². The summed E-state index contributed by atoms with van der Waals surface area (Å²) in [5, 5.41) is 2.48. The second-order valence-corrected chi connectivity index (χ2v) is 6.78. The summed E-state index contributed by atoms with van der Waals surface area (Å²) in [6.45, 7) is 2.16. The van der Waals surface area contributed by atoms with Crippen LogP contribution in [0.15, 0.2) is 34.9 Å². The van der Waals surface area contributed by atoms with E-state index in [-0.39, 0.29) is 0 Å². The lowest BCUT2D eigenvalue weighted by molar-refractivity contribution is 0.594. The maximum atomic E-state index is 4.59. The molecule has 94 valence electrons. The Morgan fingerprint density at radius 3 is 2.67 bits per heavy atom. The maximum absolute atomic E-state index is 4.59. The summed E-state index contributed by atoms with van der Waals surface area (Å²) in [6, 6.07) is 8.38. The van der Waals surface area contributed by atoms with Gasteiger partial charge in [-0.15, -0.1) is 0 Å². The molecule has 3 rings (SSSR count). The third-order valence-corrected chi connectivity index (χ3v) is 5.06. The minimum absolute atomic E-state index is 0.662. The number of hydrogen-bond acceptors (Lipinski definition) is 2. The molecule has 4 heteroatoms. The van der Waals surface area contributed by atoms with Crippen molar-refractivity contribution >= 4 is 48.5 Å². The second-order valence-electron chi connectivity index (χ2n) is 4.63. The normalized spacial score (nSPS) is 17.3. The number of pyridine rings is 1. The summed E-state index contributed by atoms with van der Waals surface area (Å²) in [5.74, 6) is 1.12. The average molecular weight is 370 g/mol. The molecule has 0 radical (unpaired) electrons. The molecule has 2 aromatic rings. The maximum Gasteiger partial charge on any atom is 0.136 e. The van der Waals surface area contributed by atoms with Crippen LogP contribution in [-0.4, -0.2) is 22.9 Å². The third-order valence-electron chi connectivity index (χ3n) is 3.46. The number of benzene rings is 1. The van der Waals surface area contributed by atoms with Crippen molar-refractivity contribution in [2.45, 2.75) is 17.7 Å². The van der Waals surface area contributed by atoms with Gasteiger partial charge in [0.1, 0.15) is 5.82 Å². The Morgan fingerprint density at radius 1 is 1.11 bits per heavy atom. The zero-order chi connectivity index (χ0) is 12.5. The van der Waals surface area contributed by atoms with E-state index in [1.165, 1.54) is 23.6 Å². The van der Waals surface area contributed by atoms with E-state index in [1.54, 1.807) is 0 Å². The minimum atomic E-state index is 0.662. The number of alkyl halides is 1. The van der Waals surface area contributed by atoms with E-state index >= 15 is 0 Å². The fourth-order valence-corrected chi connectivity index (χ4v) is 3.37. The zero-order valence-corrected chi connectivity index (χ0v) is 13.1. The van der Waals surface area contributed by atoms with E-state index in [4.69, 9.17) is 0 Å². The first kappa shape index (κ1) is 12.4. The number of hydrogen-bond donors (Lipinski definition) is 0. The van der Waals surface area contributed by atoms with Crippen LogP contribution < -0.4 is 4.90 Å². The van der Waals surface area contributed by atoms with Gasteiger partial charge in [0.25, 0.3) is 0 Å². The van der Waals surface area contributed by atoms with Gasteiger partial charge in [-0.2, -0.15) is 0 Å². The van der Waals surface area contributed by atoms with Crippen LogP contribution in [0.25, 0.3) is 10.8 Å². The molecular weight excluding hydrogens is 356 g/mol. The minimum Gasteiger partial charge on any atom is -0.356 e. The van der Waals surface area contributed by atoms with Gasteiger partial charge in [0, 0.05) is 39.4 Å². The molecule has 2 nitrogen and oxygen atoms in total. The Balaban J connectivity index is 2.04. The monoisotopic (exact) mass is 368 g/mol. The molecule has 0 spiro atoms. The Labute approximate surface area is 124 Å². The number of anilines is 1. The number of halogens is 2. The highest BCUT2D eigenvalue weighted by atomic mass is 79.9. The zero-order valence-electron chi connectivity index (χ0n) is 9.94. The molecule has 1 aliphatic heterocycles. The molecule has 1 fully saturated rings. The van der Waals surface area contributed by atoms with Gasteiger partial charge in [-0.3, -0.25) is 0 Å². The summed E-state index contributed by atoms with van der Waals surface area (Å²) in [6.07, 6.45) is 4.28. The van der Waals surface area contributed by atoms with Gasteiger partial charge >= 0.3 is 0 Å². The molecule has 0 bridgehead atoms. The highest BCUT2D eigenvalue weighted by Crippen LogP contribution is 2.31. The van der Waals surface area contributed by atoms with Gasteiger partial charge in [-0.1, -0.05) is 44.0 Å². The van der Waals surface area contributed by atoms with Gasteiger partial charge in [0.05, 0.1) is 0 Å². The van der Waals surface area contributed by atoms with Crippen LogP contribution >= 0.6 is 31.9 Å². The van der Waals surface area contributed by atoms with Crippen LogP contribution in [0.2, 0.25) is 0 Å². The fourth-order valence-electron chi connectivity index (χ4n) is 2.47. The average Bonchev–Trinajstić information content (AvgIpc) is 2.40. The molecule has 1 aromatic heterocycles. The van der Waals surface area contributed by atoms with Crippen LogP contribution in [-0.2, 0) is 0 Å². The highest BCUT2D eigenvalue weighted by molar-refractivity contribution is 9.10. The summed E-state index contributed by atoms with van der Waals surface area (Å²) in [5.41, 5.74) is 0. The lowest BCUT2D eigenvalue weighted by atomic mass is 10.1. The van der Waals surface area contributed by atoms with Crippen LogP contribution in [0.5, 0.6) is 0 Å². The first-order chi connectivity index (χ1) is 8.75. The largest absolute Gasteiger partial charge is 0.356 e. The quantitative estimate of drug-likeness (QED) is 0.694. The van der Waals surface area contributed by atoms with Crippen molar-refractivity contribution in [2.75, 3.05) is 18.0 Å². The molecule has 0 aliphatic carbocycles. The number of fused-ring (bicyclic) bond motifs is 1. The Kier molecular flexibility index (Phi) is 3.57. The van der Waals surface area contributed by atoms with Crippen molar-refractivity contribution < 1.29 is 0 Å². The highest BCUT2D eigenvalue weighted by Gasteiger charge is 2.19. The lowest BCUT2D eigenvalue weighted by Gasteiger charge is -2.31. The molecule has 0 saturated carbocycles. The predicted octanol–water partition coefficient (Wildman–Crippen LogP) is 4.36. The molecule has 0 amide bonds. The molecule has 1 aromatic carbocycles. The van der Waals surface area contributed by atoms with E-state index in [9.17, 15) is 0 Å². The summed E-state index contributed by atoms with van der Waals surface area (Å²) >= 11 is 7.31. The van der Waals surface area contributed by atoms with Crippen molar-refractivity contribution in [1.82, 2.24) is 4.98 Å². The van der Waals surface area contributed by atoms with Crippen LogP contribution in [0, 0.1) is 0 Å². The first-order valence-electron chi connectivity index (χ1n) is 6.18. The lowest BCUT2D eigenvalue weighted by Crippen LogP contribution is -2.34. The second kappa shape index (κ2) is 5.17. The third kappa shape index (κ3) is 2.28. The van der Waals surface area contributed by atoms with Crippen LogP contribution in [0.4, 0.5) is 5.82 Å². The van der Waals surface area contributed by atoms with Gasteiger partial charge in [0.15, 0.2) is 0 Å². The van der Waals surface area contributed by atoms with E-state index in [0.29, 0.717) is 4.83 Å². The van der Waals surface area contributed by atoms with E-state index in [0.717, 1.165) is 23.4 Å². The van der Waals surface area contributed by atoms with Gasteiger partial charge in [-0.25, -0.2) is 4.98 Å². The van der Waals surface area contributed by atoms with E-state index in [2.05, 4.69) is 66.0 Å². The van der Waals surface area contributed by atoms with E-state index < -0.39 is 0 Å². The predicted molar refractivity (Wildman–Crippen MR) is 83.6 cm³/mol. The van der Waals surface area contributed by atoms with Crippen LogP contribution in [0.1, 0.15) is 12.8 Å². The molecule has 1 aliphatic rings. The summed E-state index contributed by atoms with van der Waals surface area (Å²) < 4.78 is 1.14. The smallest absolute Gasteiger partial charge is 0.136 e. The van der Waals surface area contributed by atoms with Crippen molar-refractivity contribution in [2.24, 2.45) is 0 Å². The van der Waals surface area contributed by atoms with Crippen molar-refractivity contribution in [3.05, 3.63) is 34.9 Å². The Morgan fingerprint density at radius 2 is 1.89 bits per heavy atom. The van der Waals surface area contributed by atoms with Crippen molar-refractivity contribution in [3.63, 3.8) is 0 Å². The number of piperidine rings is 1. The first-order valence-corrected chi connectivity index (χ1v) is 7.89. The molecule has 1 saturated heterocycles. The van der Waals surface area contributed by atoms with Gasteiger partial charge < -0.3 is 4.90 Å². The number of aromatic nitrogens is 1.